The van der Waals surface area contributed by atoms with Crippen LogP contribution in [0.5, 0.6) is 0 Å². The monoisotopic (exact) mass is 1730 g/mol. The molecule has 0 aliphatic carbocycles. The fraction of sp³-hybridized carbons (Fsp3) is 0.938. The summed E-state index contributed by atoms with van der Waals surface area (Å²) in [6.07, 6.45) is 134. The van der Waals surface area contributed by atoms with Gasteiger partial charge in [-0.15, -0.1) is 0 Å². The van der Waals surface area contributed by atoms with Crippen molar-refractivity contribution in [2.24, 2.45) is 0 Å². The average molecular weight is 1730 g/mol. The van der Waals surface area contributed by atoms with Gasteiger partial charge < -0.3 is 25.5 Å². The van der Waals surface area contributed by atoms with Gasteiger partial charge in [0.1, 0.15) is 0 Å². The smallest absolute Gasteiger partial charge is 0.303 e. The van der Waals surface area contributed by atoms with Gasteiger partial charge in [0.25, 0.3) is 0 Å². The zero-order valence-electron chi connectivity index (χ0n) is 83.6. The Balaban J connectivity index is -0.000000468. The standard InChI is InChI=1S/C24H46O2.4C22H44O2/c1-2-3-4-5-6-7-8-9-10-11-12-13-14-15-16-17-18-19-20-21-22-23-24(25)26;4*1-2-3-4-5-6-7-8-9-10-11-12-13-14-15-16-17-18-19-20-21-22(23)24/h9-10H,2-8,11-23H2,1H3,(H,25,26);4*2-21H2,1H3,(H,23,24). The molecule has 0 aliphatic heterocycles. The number of unbranched alkanes of at least 4 members (excludes halogenated alkanes) is 89. The predicted molar refractivity (Wildman–Crippen MR) is 537 cm³/mol. The van der Waals surface area contributed by atoms with Crippen molar-refractivity contribution in [3.05, 3.63) is 12.2 Å². The highest BCUT2D eigenvalue weighted by Crippen LogP contribution is 2.22. The van der Waals surface area contributed by atoms with Crippen molar-refractivity contribution in [2.75, 3.05) is 0 Å². The number of carbonyl (C=O) groups is 5. The zero-order valence-corrected chi connectivity index (χ0v) is 83.6. The molecule has 0 radical (unpaired) electrons. The van der Waals surface area contributed by atoms with Crippen LogP contribution in [-0.4, -0.2) is 55.4 Å². The Morgan fingerprint density at radius 2 is 0.197 bits per heavy atom. The fourth-order valence-electron chi connectivity index (χ4n) is 16.8. The first-order chi connectivity index (χ1) is 59.9. The zero-order chi connectivity index (χ0) is 90.0. The number of carboxylic acid groups (broad SMARTS) is 5. The molecule has 0 saturated carbocycles. The molecule has 0 aromatic heterocycles. The molecule has 0 aromatic rings. The second-order valence-electron chi connectivity index (χ2n) is 37.9. The third-order valence-corrected chi connectivity index (χ3v) is 25.1. The minimum atomic E-state index is -0.654. The molecule has 5 N–H and O–H groups in total. The van der Waals surface area contributed by atoms with Crippen molar-refractivity contribution in [1.29, 1.82) is 0 Å². The molecule has 0 amide bonds. The van der Waals surface area contributed by atoms with E-state index in [1.54, 1.807) is 0 Å². The van der Waals surface area contributed by atoms with Crippen LogP contribution < -0.4 is 0 Å². The maximum atomic E-state index is 10.4. The van der Waals surface area contributed by atoms with Crippen molar-refractivity contribution in [1.82, 2.24) is 0 Å². The second-order valence-corrected chi connectivity index (χ2v) is 37.9. The number of hydrogen-bond donors (Lipinski definition) is 5. The molecule has 0 saturated heterocycles. The van der Waals surface area contributed by atoms with Crippen LogP contribution in [0.15, 0.2) is 12.2 Å². The van der Waals surface area contributed by atoms with Crippen LogP contribution in [-0.2, 0) is 24.0 Å². The summed E-state index contributed by atoms with van der Waals surface area (Å²) in [5, 5.41) is 42.8. The van der Waals surface area contributed by atoms with E-state index in [1.165, 1.54) is 546 Å². The maximum absolute atomic E-state index is 10.4. The minimum absolute atomic E-state index is 0.342. The van der Waals surface area contributed by atoms with E-state index in [4.69, 9.17) is 25.5 Å². The highest BCUT2D eigenvalue weighted by Gasteiger charge is 2.05. The first-order valence-corrected chi connectivity index (χ1v) is 55.6. The predicted octanol–water partition coefficient (Wildman–Crippen LogP) is 40.0. The fourth-order valence-corrected chi connectivity index (χ4v) is 16.8. The van der Waals surface area contributed by atoms with Gasteiger partial charge in [0.15, 0.2) is 0 Å². The van der Waals surface area contributed by atoms with Gasteiger partial charge in [-0.3, -0.25) is 24.0 Å². The van der Waals surface area contributed by atoms with E-state index in [9.17, 15) is 24.0 Å². The Labute approximate surface area is 763 Å². The SMILES string of the molecule is CCCCCCCCC=CCCCCCCCCCCCCCC(=O)O.CCCCCCCCCCCCCCCCCCCCCC(=O)O.CCCCCCCCCCCCCCCCCCCCCC(=O)O.CCCCCCCCCCCCCCCCCCCCCC(=O)O.CCCCCCCCCCCCCCCCCCCCCC(=O)O. The van der Waals surface area contributed by atoms with Crippen LogP contribution in [0, 0.1) is 0 Å². The van der Waals surface area contributed by atoms with Crippen molar-refractivity contribution in [2.45, 2.75) is 677 Å². The summed E-state index contributed by atoms with van der Waals surface area (Å²) < 4.78 is 0. The summed E-state index contributed by atoms with van der Waals surface area (Å²) in [4.78, 5) is 51.9. The Morgan fingerprint density at radius 3 is 0.279 bits per heavy atom. The number of allylic oxidation sites excluding steroid dienone is 2. The molecular weight excluding hydrogens is 1510 g/mol. The molecule has 122 heavy (non-hydrogen) atoms. The van der Waals surface area contributed by atoms with Gasteiger partial charge >= 0.3 is 29.8 Å². The lowest BCUT2D eigenvalue weighted by atomic mass is 10.0. The van der Waals surface area contributed by atoms with Crippen LogP contribution >= 0.6 is 0 Å². The van der Waals surface area contributed by atoms with Gasteiger partial charge in [-0.05, 0) is 57.8 Å². The van der Waals surface area contributed by atoms with E-state index < -0.39 is 29.8 Å². The van der Waals surface area contributed by atoms with Crippen LogP contribution in [0.25, 0.3) is 0 Å². The molecule has 10 nitrogen and oxygen atoms in total. The van der Waals surface area contributed by atoms with Crippen molar-refractivity contribution >= 4 is 29.8 Å². The summed E-state index contributed by atoms with van der Waals surface area (Å²) in [6, 6.07) is 0. The van der Waals surface area contributed by atoms with Gasteiger partial charge in [-0.1, -0.05) is 599 Å². The second kappa shape index (κ2) is 124. The number of carboxylic acids is 5. The summed E-state index contributed by atoms with van der Waals surface area (Å²) in [7, 11) is 0. The third-order valence-electron chi connectivity index (χ3n) is 25.1. The summed E-state index contributed by atoms with van der Waals surface area (Å²) in [5.74, 6) is -3.26. The molecule has 0 heterocycles. The lowest BCUT2D eigenvalue weighted by Crippen LogP contribution is -1.93. The summed E-state index contributed by atoms with van der Waals surface area (Å²) in [5.41, 5.74) is 0. The van der Waals surface area contributed by atoms with Gasteiger partial charge in [0.2, 0.25) is 0 Å². The molecule has 10 heteroatoms. The number of aliphatic carboxylic acids is 5. The van der Waals surface area contributed by atoms with Crippen molar-refractivity contribution in [3.63, 3.8) is 0 Å². The molecule has 0 atom stereocenters. The number of rotatable bonds is 101. The van der Waals surface area contributed by atoms with Crippen LogP contribution in [0.3, 0.4) is 0 Å². The van der Waals surface area contributed by atoms with Crippen molar-refractivity contribution in [3.8, 4) is 0 Å². The van der Waals surface area contributed by atoms with Crippen LogP contribution in [0.1, 0.15) is 677 Å². The van der Waals surface area contributed by atoms with Gasteiger partial charge in [0, 0.05) is 32.1 Å². The third kappa shape index (κ3) is 146. The van der Waals surface area contributed by atoms with E-state index in [0.29, 0.717) is 32.1 Å². The summed E-state index contributed by atoms with van der Waals surface area (Å²) in [6.45, 7) is 11.4. The van der Waals surface area contributed by atoms with E-state index in [0.717, 1.165) is 64.2 Å². The Kier molecular flexibility index (Phi) is 130. The molecule has 730 valence electrons. The normalized spacial score (nSPS) is 11.1. The average Bonchev–Trinajstić information content (AvgIpc) is 1.25. The molecule has 0 aliphatic rings. The largest absolute Gasteiger partial charge is 0.481 e. The Morgan fingerprint density at radius 1 is 0.123 bits per heavy atom. The lowest BCUT2D eigenvalue weighted by Gasteiger charge is -2.03. The topological polar surface area (TPSA) is 186 Å². The van der Waals surface area contributed by atoms with Gasteiger partial charge in [0.05, 0.1) is 0 Å². The maximum Gasteiger partial charge on any atom is 0.303 e. The first kappa shape index (κ1) is 128. The minimum Gasteiger partial charge on any atom is -0.481 e. The highest BCUT2D eigenvalue weighted by atomic mass is 16.4. The molecule has 0 aromatic carbocycles. The van der Waals surface area contributed by atoms with E-state index in [2.05, 4.69) is 46.8 Å². The summed E-state index contributed by atoms with van der Waals surface area (Å²) >= 11 is 0. The van der Waals surface area contributed by atoms with Crippen molar-refractivity contribution < 1.29 is 49.5 Å². The van der Waals surface area contributed by atoms with Gasteiger partial charge in [-0.2, -0.15) is 0 Å². The highest BCUT2D eigenvalue weighted by molar-refractivity contribution is 5.67. The van der Waals surface area contributed by atoms with E-state index in [-0.39, 0.29) is 0 Å². The molecule has 0 bridgehead atoms. The van der Waals surface area contributed by atoms with Crippen LogP contribution in [0.4, 0.5) is 0 Å². The Bertz CT molecular complexity index is 1730. The quantitative estimate of drug-likeness (QED) is 0.0290. The molecular formula is C112H222O10. The molecule has 0 rings (SSSR count). The molecule has 0 unspecified atom stereocenters. The molecule has 0 fully saturated rings. The van der Waals surface area contributed by atoms with E-state index in [1.807, 2.05) is 0 Å². The lowest BCUT2D eigenvalue weighted by molar-refractivity contribution is -0.138. The molecule has 0 spiro atoms. The first-order valence-electron chi connectivity index (χ1n) is 55.6. The van der Waals surface area contributed by atoms with Gasteiger partial charge in [-0.25, -0.2) is 0 Å². The van der Waals surface area contributed by atoms with Crippen LogP contribution in [0.2, 0.25) is 0 Å². The number of hydrogen-bond acceptors (Lipinski definition) is 5. The Hall–Kier alpha value is -2.91. The van der Waals surface area contributed by atoms with E-state index >= 15 is 0 Å².